The molecule has 4 heteroatoms. The van der Waals surface area contributed by atoms with Gasteiger partial charge < -0.3 is 4.57 Å². The van der Waals surface area contributed by atoms with Crippen molar-refractivity contribution in [3.63, 3.8) is 0 Å². The zero-order chi connectivity index (χ0) is 11.8. The summed E-state index contributed by atoms with van der Waals surface area (Å²) in [5, 5.41) is 9.31. The van der Waals surface area contributed by atoms with Gasteiger partial charge >= 0.3 is 0 Å². The van der Waals surface area contributed by atoms with Crippen LogP contribution in [0.5, 0.6) is 0 Å². The largest absolute Gasteiger partial charge is 0.349 e. The van der Waals surface area contributed by atoms with Gasteiger partial charge in [0.05, 0.1) is 5.69 Å². The standard InChI is InChI=1S/C13H10IN3/c1-17-8-11(14)10-7-9(4-5-13(10)17)12-3-2-6-15-16-12/h2-8H,1H3. The summed E-state index contributed by atoms with van der Waals surface area (Å²) in [6.07, 6.45) is 3.82. The predicted octanol–water partition coefficient (Wildman–Crippen LogP) is 3.24. The number of aromatic nitrogens is 3. The average molecular weight is 335 g/mol. The van der Waals surface area contributed by atoms with E-state index in [9.17, 15) is 0 Å². The highest BCUT2D eigenvalue weighted by Crippen LogP contribution is 2.27. The van der Waals surface area contributed by atoms with E-state index in [2.05, 4.69) is 68.8 Å². The van der Waals surface area contributed by atoms with Crippen LogP contribution in [0.15, 0.2) is 42.7 Å². The van der Waals surface area contributed by atoms with Crippen molar-refractivity contribution < 1.29 is 0 Å². The van der Waals surface area contributed by atoms with Gasteiger partial charge in [-0.15, -0.1) is 0 Å². The van der Waals surface area contributed by atoms with Crippen molar-refractivity contribution in [1.82, 2.24) is 14.8 Å². The van der Waals surface area contributed by atoms with Crippen molar-refractivity contribution in [2.45, 2.75) is 0 Å². The Morgan fingerprint density at radius 3 is 2.88 bits per heavy atom. The topological polar surface area (TPSA) is 30.7 Å². The molecular formula is C13H10IN3. The van der Waals surface area contributed by atoms with Crippen molar-refractivity contribution in [2.24, 2.45) is 7.05 Å². The van der Waals surface area contributed by atoms with E-state index in [0.29, 0.717) is 0 Å². The monoisotopic (exact) mass is 335 g/mol. The highest BCUT2D eigenvalue weighted by atomic mass is 127. The Hall–Kier alpha value is -1.43. The smallest absolute Gasteiger partial charge is 0.0929 e. The lowest BCUT2D eigenvalue weighted by molar-refractivity contribution is 0.966. The maximum absolute atomic E-state index is 4.13. The van der Waals surface area contributed by atoms with E-state index in [-0.39, 0.29) is 0 Å². The Labute approximate surface area is 113 Å². The number of halogens is 1. The Balaban J connectivity index is 2.24. The molecule has 84 valence electrons. The molecule has 0 saturated heterocycles. The molecule has 17 heavy (non-hydrogen) atoms. The molecule has 2 heterocycles. The van der Waals surface area contributed by atoms with Crippen LogP contribution in [-0.2, 0) is 7.05 Å². The molecule has 0 aliphatic carbocycles. The maximum Gasteiger partial charge on any atom is 0.0929 e. The van der Waals surface area contributed by atoms with Gasteiger partial charge in [-0.05, 0) is 46.9 Å². The SMILES string of the molecule is Cn1cc(I)c2cc(-c3cccnn3)ccc21. The van der Waals surface area contributed by atoms with Gasteiger partial charge in [0.25, 0.3) is 0 Å². The third kappa shape index (κ3) is 1.82. The molecule has 0 bridgehead atoms. The molecule has 0 amide bonds. The Kier molecular flexibility index (Phi) is 2.58. The quantitative estimate of drug-likeness (QED) is 0.639. The average Bonchev–Trinajstić information content (AvgIpc) is 2.66. The van der Waals surface area contributed by atoms with Gasteiger partial charge in [-0.1, -0.05) is 6.07 Å². The molecule has 3 aromatic rings. The molecule has 3 rings (SSSR count). The first-order valence-electron chi connectivity index (χ1n) is 5.28. The summed E-state index contributed by atoms with van der Waals surface area (Å²) in [7, 11) is 2.06. The van der Waals surface area contributed by atoms with Crippen molar-refractivity contribution in [1.29, 1.82) is 0 Å². The van der Waals surface area contributed by atoms with Crippen LogP contribution in [0.2, 0.25) is 0 Å². The Bertz CT molecular complexity index is 674. The Morgan fingerprint density at radius 2 is 2.12 bits per heavy atom. The lowest BCUT2D eigenvalue weighted by Gasteiger charge is -2.01. The van der Waals surface area contributed by atoms with Crippen LogP contribution < -0.4 is 0 Å². The summed E-state index contributed by atoms with van der Waals surface area (Å²) < 4.78 is 3.39. The number of fused-ring (bicyclic) bond motifs is 1. The molecular weight excluding hydrogens is 325 g/mol. The third-order valence-electron chi connectivity index (χ3n) is 2.81. The van der Waals surface area contributed by atoms with Crippen LogP contribution >= 0.6 is 22.6 Å². The fourth-order valence-electron chi connectivity index (χ4n) is 1.96. The van der Waals surface area contributed by atoms with E-state index >= 15 is 0 Å². The highest BCUT2D eigenvalue weighted by molar-refractivity contribution is 14.1. The van der Waals surface area contributed by atoms with Crippen LogP contribution in [0.4, 0.5) is 0 Å². The predicted molar refractivity (Wildman–Crippen MR) is 76.7 cm³/mol. The van der Waals surface area contributed by atoms with Crippen LogP contribution in [0.25, 0.3) is 22.2 Å². The van der Waals surface area contributed by atoms with Gasteiger partial charge in [-0.3, -0.25) is 0 Å². The van der Waals surface area contributed by atoms with Crippen LogP contribution in [0, 0.1) is 3.57 Å². The number of hydrogen-bond donors (Lipinski definition) is 0. The van der Waals surface area contributed by atoms with Crippen LogP contribution in [0.1, 0.15) is 0 Å². The summed E-state index contributed by atoms with van der Waals surface area (Å²) in [5.41, 5.74) is 3.26. The van der Waals surface area contributed by atoms with E-state index < -0.39 is 0 Å². The first kappa shape index (κ1) is 10.7. The lowest BCUT2D eigenvalue weighted by atomic mass is 10.1. The minimum atomic E-state index is 0.911. The number of hydrogen-bond acceptors (Lipinski definition) is 2. The van der Waals surface area contributed by atoms with Gasteiger partial charge in [0.15, 0.2) is 0 Å². The molecule has 2 aromatic heterocycles. The molecule has 0 aliphatic rings. The summed E-state index contributed by atoms with van der Waals surface area (Å²) >= 11 is 2.36. The van der Waals surface area contributed by atoms with Gasteiger partial charge in [0.1, 0.15) is 0 Å². The van der Waals surface area contributed by atoms with E-state index in [1.165, 1.54) is 14.5 Å². The molecule has 0 spiro atoms. The second kappa shape index (κ2) is 4.10. The number of rotatable bonds is 1. The molecule has 0 atom stereocenters. The van der Waals surface area contributed by atoms with E-state index in [4.69, 9.17) is 0 Å². The molecule has 0 aliphatic heterocycles. The zero-order valence-corrected chi connectivity index (χ0v) is 11.4. The van der Waals surface area contributed by atoms with Crippen molar-refractivity contribution >= 4 is 33.5 Å². The van der Waals surface area contributed by atoms with Crippen molar-refractivity contribution in [3.05, 3.63) is 46.3 Å². The van der Waals surface area contributed by atoms with Crippen LogP contribution in [-0.4, -0.2) is 14.8 Å². The molecule has 1 aromatic carbocycles. The van der Waals surface area contributed by atoms with E-state index in [0.717, 1.165) is 11.3 Å². The zero-order valence-electron chi connectivity index (χ0n) is 9.26. The molecule has 0 radical (unpaired) electrons. The number of nitrogens with zero attached hydrogens (tertiary/aromatic N) is 3. The van der Waals surface area contributed by atoms with Gasteiger partial charge in [0.2, 0.25) is 0 Å². The second-order valence-corrected chi connectivity index (χ2v) is 5.09. The summed E-state index contributed by atoms with van der Waals surface area (Å²) in [4.78, 5) is 0. The lowest BCUT2D eigenvalue weighted by Crippen LogP contribution is -1.87. The molecule has 0 saturated carbocycles. The molecule has 0 N–H and O–H groups in total. The minimum Gasteiger partial charge on any atom is -0.349 e. The molecule has 3 nitrogen and oxygen atoms in total. The number of benzene rings is 1. The maximum atomic E-state index is 4.13. The summed E-state index contributed by atoms with van der Waals surface area (Å²) in [5.74, 6) is 0. The summed E-state index contributed by atoms with van der Waals surface area (Å²) in [6, 6.07) is 10.3. The van der Waals surface area contributed by atoms with Crippen LogP contribution in [0.3, 0.4) is 0 Å². The fraction of sp³-hybridized carbons (Fsp3) is 0.0769. The Morgan fingerprint density at radius 1 is 1.24 bits per heavy atom. The summed E-state index contributed by atoms with van der Waals surface area (Å²) in [6.45, 7) is 0. The highest BCUT2D eigenvalue weighted by Gasteiger charge is 2.06. The third-order valence-corrected chi connectivity index (χ3v) is 3.67. The molecule has 0 fully saturated rings. The van der Waals surface area contributed by atoms with Crippen molar-refractivity contribution in [3.8, 4) is 11.3 Å². The van der Waals surface area contributed by atoms with Gasteiger partial charge in [-0.25, -0.2) is 0 Å². The van der Waals surface area contributed by atoms with Crippen molar-refractivity contribution in [2.75, 3.05) is 0 Å². The minimum absolute atomic E-state index is 0.911. The van der Waals surface area contributed by atoms with Gasteiger partial charge in [-0.2, -0.15) is 10.2 Å². The first-order valence-corrected chi connectivity index (χ1v) is 6.36. The normalized spacial score (nSPS) is 10.9. The fourth-order valence-corrected chi connectivity index (χ4v) is 2.81. The first-order chi connectivity index (χ1) is 8.25. The van der Waals surface area contributed by atoms with Gasteiger partial charge in [0, 0.05) is 39.5 Å². The molecule has 0 unspecified atom stereocenters. The van der Waals surface area contributed by atoms with E-state index in [1.807, 2.05) is 12.1 Å². The van der Waals surface area contributed by atoms with E-state index in [1.54, 1.807) is 6.20 Å². The second-order valence-electron chi connectivity index (χ2n) is 3.93. The number of aryl methyl sites for hydroxylation is 1.